The number of hydrogen-bond donors (Lipinski definition) is 3. The maximum Gasteiger partial charge on any atom is 0.315 e. The van der Waals surface area contributed by atoms with Crippen molar-refractivity contribution in [2.75, 3.05) is 6.61 Å². The fraction of sp³-hybridized carbons (Fsp3) is 0.846. The lowest BCUT2D eigenvalue weighted by atomic mass is 9.95. The molecule has 6 nitrogen and oxygen atoms in total. The predicted molar refractivity (Wildman–Crippen MR) is 68.9 cm³/mol. The Hall–Kier alpha value is -1.30. The van der Waals surface area contributed by atoms with Crippen molar-refractivity contribution < 1.29 is 19.4 Å². The molecule has 3 atom stereocenters. The number of carbonyl (C=O) groups is 2. The van der Waals surface area contributed by atoms with Crippen LogP contribution in [0, 0.1) is 5.92 Å². The first-order chi connectivity index (χ1) is 8.90. The third kappa shape index (κ3) is 3.59. The van der Waals surface area contributed by atoms with E-state index in [1.165, 1.54) is 0 Å². The number of carbonyl (C=O) groups excluding carboxylic acids is 1. The zero-order chi connectivity index (χ0) is 14.0. The van der Waals surface area contributed by atoms with E-state index in [1.54, 1.807) is 0 Å². The lowest BCUT2D eigenvalue weighted by Gasteiger charge is -2.30. The van der Waals surface area contributed by atoms with E-state index in [0.717, 1.165) is 19.3 Å². The number of rotatable bonds is 5. The van der Waals surface area contributed by atoms with Gasteiger partial charge in [0.25, 0.3) is 0 Å². The van der Waals surface area contributed by atoms with Crippen molar-refractivity contribution in [2.45, 2.75) is 57.2 Å². The maximum atomic E-state index is 12.0. The van der Waals surface area contributed by atoms with Gasteiger partial charge in [-0.05, 0) is 39.0 Å². The molecule has 2 rings (SSSR count). The standard InChI is InChI=1S/C13H22N2O4/c1-8-13(2,5-6-19-8)15-12(18)14-10(7-11(16)17)9-3-4-9/h8-10H,3-7H2,1-2H3,(H,16,17)(H2,14,15,18). The molecule has 1 saturated heterocycles. The smallest absolute Gasteiger partial charge is 0.315 e. The number of nitrogens with one attached hydrogen (secondary N) is 2. The minimum Gasteiger partial charge on any atom is -0.481 e. The quantitative estimate of drug-likeness (QED) is 0.698. The Labute approximate surface area is 112 Å². The summed E-state index contributed by atoms with van der Waals surface area (Å²) in [6.07, 6.45) is 2.72. The minimum absolute atomic E-state index is 0.0130. The Bertz CT molecular complexity index is 370. The van der Waals surface area contributed by atoms with Crippen LogP contribution in [-0.2, 0) is 9.53 Å². The summed E-state index contributed by atoms with van der Waals surface area (Å²) in [5, 5.41) is 14.6. The second kappa shape index (κ2) is 5.36. The number of urea groups is 1. The predicted octanol–water partition coefficient (Wildman–Crippen LogP) is 1.11. The van der Waals surface area contributed by atoms with E-state index in [2.05, 4.69) is 10.6 Å². The fourth-order valence-corrected chi connectivity index (χ4v) is 2.49. The summed E-state index contributed by atoms with van der Waals surface area (Å²) in [5.74, 6) is -0.562. The van der Waals surface area contributed by atoms with Crippen LogP contribution < -0.4 is 10.6 Å². The molecule has 3 unspecified atom stereocenters. The molecule has 19 heavy (non-hydrogen) atoms. The largest absolute Gasteiger partial charge is 0.481 e. The first-order valence-corrected chi connectivity index (χ1v) is 6.83. The average molecular weight is 270 g/mol. The van der Waals surface area contributed by atoms with Crippen molar-refractivity contribution in [1.82, 2.24) is 10.6 Å². The molecule has 1 aliphatic carbocycles. The zero-order valence-corrected chi connectivity index (χ0v) is 11.4. The van der Waals surface area contributed by atoms with E-state index in [0.29, 0.717) is 12.5 Å². The maximum absolute atomic E-state index is 12.0. The van der Waals surface area contributed by atoms with Gasteiger partial charge in [-0.15, -0.1) is 0 Å². The number of carboxylic acids is 1. The Kier molecular flexibility index (Phi) is 3.99. The van der Waals surface area contributed by atoms with Gasteiger partial charge in [-0.1, -0.05) is 0 Å². The number of aliphatic carboxylic acids is 1. The first-order valence-electron chi connectivity index (χ1n) is 6.83. The third-order valence-electron chi connectivity index (χ3n) is 4.19. The van der Waals surface area contributed by atoms with E-state index in [-0.39, 0.29) is 30.1 Å². The average Bonchev–Trinajstić information content (AvgIpc) is 3.06. The summed E-state index contributed by atoms with van der Waals surface area (Å²) in [6, 6.07) is -0.559. The molecule has 0 radical (unpaired) electrons. The van der Waals surface area contributed by atoms with Crippen molar-refractivity contribution in [1.29, 1.82) is 0 Å². The molecule has 1 saturated carbocycles. The van der Waals surface area contributed by atoms with Crippen molar-refractivity contribution in [2.24, 2.45) is 5.92 Å². The fourth-order valence-electron chi connectivity index (χ4n) is 2.49. The molecule has 0 aromatic rings. The number of carboxylic acid groups (broad SMARTS) is 1. The van der Waals surface area contributed by atoms with Crippen molar-refractivity contribution in [3.8, 4) is 0 Å². The van der Waals surface area contributed by atoms with E-state index in [1.807, 2.05) is 13.8 Å². The highest BCUT2D eigenvalue weighted by molar-refractivity contribution is 5.76. The number of ether oxygens (including phenoxy) is 1. The monoisotopic (exact) mass is 270 g/mol. The lowest BCUT2D eigenvalue weighted by Crippen LogP contribution is -2.56. The van der Waals surface area contributed by atoms with E-state index < -0.39 is 5.97 Å². The van der Waals surface area contributed by atoms with Gasteiger partial charge in [-0.3, -0.25) is 4.79 Å². The van der Waals surface area contributed by atoms with E-state index in [4.69, 9.17) is 9.84 Å². The molecule has 0 spiro atoms. The van der Waals surface area contributed by atoms with Crippen molar-refractivity contribution in [3.63, 3.8) is 0 Å². The second-order valence-corrected chi connectivity index (χ2v) is 5.82. The SMILES string of the molecule is CC1OCCC1(C)NC(=O)NC(CC(=O)O)C1CC1. The van der Waals surface area contributed by atoms with Crippen LogP contribution in [0.4, 0.5) is 4.79 Å². The second-order valence-electron chi connectivity index (χ2n) is 5.82. The van der Waals surface area contributed by atoms with Gasteiger partial charge >= 0.3 is 12.0 Å². The zero-order valence-electron chi connectivity index (χ0n) is 11.4. The van der Waals surface area contributed by atoms with Gasteiger partial charge in [0.15, 0.2) is 0 Å². The Morgan fingerprint density at radius 1 is 1.47 bits per heavy atom. The van der Waals surface area contributed by atoms with Crippen LogP contribution in [0.15, 0.2) is 0 Å². The third-order valence-corrected chi connectivity index (χ3v) is 4.19. The highest BCUT2D eigenvalue weighted by Gasteiger charge is 2.40. The molecule has 3 N–H and O–H groups in total. The van der Waals surface area contributed by atoms with Crippen LogP contribution >= 0.6 is 0 Å². The molecule has 0 aromatic heterocycles. The normalized spacial score (nSPS) is 31.8. The summed E-state index contributed by atoms with van der Waals surface area (Å²) < 4.78 is 5.46. The number of amides is 2. The van der Waals surface area contributed by atoms with E-state index >= 15 is 0 Å². The molecular formula is C13H22N2O4. The van der Waals surface area contributed by atoms with Gasteiger partial charge in [-0.25, -0.2) is 4.79 Å². The van der Waals surface area contributed by atoms with Gasteiger partial charge in [0.05, 0.1) is 18.1 Å². The van der Waals surface area contributed by atoms with Crippen molar-refractivity contribution in [3.05, 3.63) is 0 Å². The number of hydrogen-bond acceptors (Lipinski definition) is 3. The van der Waals surface area contributed by atoms with Gasteiger partial charge < -0.3 is 20.5 Å². The molecule has 6 heteroatoms. The molecule has 108 valence electrons. The van der Waals surface area contributed by atoms with Crippen LogP contribution in [0.1, 0.15) is 39.5 Å². The Morgan fingerprint density at radius 2 is 2.16 bits per heavy atom. The molecule has 0 aromatic carbocycles. The van der Waals surface area contributed by atoms with Crippen molar-refractivity contribution >= 4 is 12.0 Å². The van der Waals surface area contributed by atoms with Crippen LogP contribution in [0.2, 0.25) is 0 Å². The molecular weight excluding hydrogens is 248 g/mol. The summed E-state index contributed by atoms with van der Waals surface area (Å²) in [4.78, 5) is 22.8. The summed E-state index contributed by atoms with van der Waals surface area (Å²) in [5.41, 5.74) is -0.374. The van der Waals surface area contributed by atoms with E-state index in [9.17, 15) is 9.59 Å². The van der Waals surface area contributed by atoms with Crippen LogP contribution in [0.5, 0.6) is 0 Å². The van der Waals surface area contributed by atoms with Gasteiger partial charge in [0, 0.05) is 12.6 Å². The topological polar surface area (TPSA) is 87.7 Å². The van der Waals surface area contributed by atoms with Crippen LogP contribution in [0.3, 0.4) is 0 Å². The van der Waals surface area contributed by atoms with Gasteiger partial charge in [-0.2, -0.15) is 0 Å². The van der Waals surface area contributed by atoms with Gasteiger partial charge in [0.1, 0.15) is 0 Å². The molecule has 1 heterocycles. The highest BCUT2D eigenvalue weighted by Crippen LogP contribution is 2.34. The molecule has 2 amide bonds. The highest BCUT2D eigenvalue weighted by atomic mass is 16.5. The summed E-state index contributed by atoms with van der Waals surface area (Å²) in [7, 11) is 0. The van der Waals surface area contributed by atoms with Crippen LogP contribution in [-0.4, -0.2) is 41.4 Å². The first kappa shape index (κ1) is 14.1. The van der Waals surface area contributed by atoms with Crippen LogP contribution in [0.25, 0.3) is 0 Å². The molecule has 2 aliphatic rings. The Balaban J connectivity index is 1.87. The summed E-state index contributed by atoms with van der Waals surface area (Å²) in [6.45, 7) is 4.52. The minimum atomic E-state index is -0.874. The summed E-state index contributed by atoms with van der Waals surface area (Å²) >= 11 is 0. The molecule has 0 bridgehead atoms. The lowest BCUT2D eigenvalue weighted by molar-refractivity contribution is -0.137. The molecule has 1 aliphatic heterocycles. The van der Waals surface area contributed by atoms with Gasteiger partial charge in [0.2, 0.25) is 0 Å². The Morgan fingerprint density at radius 3 is 2.63 bits per heavy atom. The molecule has 2 fully saturated rings.